The highest BCUT2D eigenvalue weighted by molar-refractivity contribution is 7.66. The molecule has 26 heavy (non-hydrogen) atoms. The summed E-state index contributed by atoms with van der Waals surface area (Å²) >= 11 is 0. The Bertz CT molecular complexity index is 445. The van der Waals surface area contributed by atoms with Crippen LogP contribution >= 0.6 is 23.5 Å². The van der Waals surface area contributed by atoms with Gasteiger partial charge >= 0.3 is 23.5 Å². The molecule has 0 amide bonds. The van der Waals surface area contributed by atoms with Crippen LogP contribution in [-0.2, 0) is 22.3 Å². The van der Waals surface area contributed by atoms with E-state index in [0.717, 1.165) is 0 Å². The van der Waals surface area contributed by atoms with Crippen molar-refractivity contribution >= 4 is 23.5 Å². The average molecular weight is 443 g/mol. The van der Waals surface area contributed by atoms with E-state index in [4.69, 9.17) is 24.5 Å². The molecule has 0 aliphatic carbocycles. The van der Waals surface area contributed by atoms with E-state index in [0.29, 0.717) is 0 Å². The molecule has 0 rings (SSSR count). The lowest BCUT2D eigenvalue weighted by molar-refractivity contribution is 0.204. The van der Waals surface area contributed by atoms with E-state index in [1.807, 2.05) is 0 Å². The maximum absolute atomic E-state index is 10.4. The Labute approximate surface area is 154 Å². The first kappa shape index (κ1) is 28.6. The van der Waals surface area contributed by atoms with Gasteiger partial charge in [-0.2, -0.15) is 8.62 Å². The second kappa shape index (κ2) is 14.4. The van der Waals surface area contributed by atoms with Crippen molar-refractivity contribution in [2.45, 2.75) is 59.3 Å². The van der Waals surface area contributed by atoms with Gasteiger partial charge < -0.3 is 29.4 Å². The minimum atomic E-state index is -5.46. The second-order valence-corrected chi connectivity index (χ2v) is 9.72. The number of hydrogen-bond donors (Lipinski definition) is 5. The van der Waals surface area contributed by atoms with Crippen molar-refractivity contribution in [3.05, 3.63) is 0 Å². The molecule has 14 heteroatoms. The Kier molecular flexibility index (Phi) is 15.8. The van der Waals surface area contributed by atoms with Gasteiger partial charge in [-0.1, -0.05) is 40.0 Å². The molecule has 0 bridgehead atoms. The van der Waals surface area contributed by atoms with Crippen molar-refractivity contribution in [2.24, 2.45) is 0 Å². The first-order valence-electron chi connectivity index (χ1n) is 8.35. The van der Waals surface area contributed by atoms with E-state index in [2.05, 4.69) is 34.3 Å². The third kappa shape index (κ3) is 22.4. The minimum absolute atomic E-state index is 1.32. The largest absolute Gasteiger partial charge is 0.490 e. The van der Waals surface area contributed by atoms with Crippen LogP contribution in [0.5, 0.6) is 0 Å². The fourth-order valence-electron chi connectivity index (χ4n) is 1.76. The molecule has 0 heterocycles. The average Bonchev–Trinajstić information content (AvgIpc) is 2.42. The van der Waals surface area contributed by atoms with Crippen LogP contribution in [0, 0.1) is 0 Å². The van der Waals surface area contributed by atoms with Gasteiger partial charge in [-0.15, -0.1) is 0 Å². The molecule has 0 aliphatic rings. The van der Waals surface area contributed by atoms with Crippen molar-refractivity contribution in [1.29, 1.82) is 0 Å². The van der Waals surface area contributed by atoms with E-state index in [1.54, 1.807) is 0 Å². The molecule has 0 aliphatic heterocycles. The molecule has 0 saturated carbocycles. The number of unbranched alkanes of at least 4 members (excludes halogenated alkanes) is 3. The third-order valence-electron chi connectivity index (χ3n) is 2.90. The topological polar surface area (TPSA) is 174 Å². The Balaban J connectivity index is 0. The van der Waals surface area contributed by atoms with E-state index < -0.39 is 23.5 Å². The third-order valence-corrected chi connectivity index (χ3v) is 6.26. The fourth-order valence-corrected chi connectivity index (χ4v) is 4.30. The summed E-state index contributed by atoms with van der Waals surface area (Å²) in [5.41, 5.74) is 0. The zero-order valence-corrected chi connectivity index (χ0v) is 18.1. The Morgan fingerprint density at radius 1 is 0.654 bits per heavy atom. The number of rotatable bonds is 13. The molecular formula is C12H32NO10P3. The molecule has 0 aromatic rings. The van der Waals surface area contributed by atoms with Gasteiger partial charge in [0, 0.05) is 0 Å². The van der Waals surface area contributed by atoms with Crippen LogP contribution in [0.25, 0.3) is 0 Å². The zero-order valence-electron chi connectivity index (χ0n) is 15.4. The highest BCUT2D eigenvalue weighted by Crippen LogP contribution is 2.64. The number of hydrogen-bond acceptors (Lipinski definition) is 6. The van der Waals surface area contributed by atoms with Gasteiger partial charge in [0.25, 0.3) is 0 Å². The molecule has 160 valence electrons. The summed E-state index contributed by atoms with van der Waals surface area (Å²) < 4.78 is 36.4. The lowest BCUT2D eigenvalue weighted by Crippen LogP contribution is -2.27. The summed E-state index contributed by atoms with van der Waals surface area (Å²) in [5.74, 6) is 0. The van der Waals surface area contributed by atoms with Gasteiger partial charge in [-0.05, 0) is 38.9 Å². The molecular weight excluding hydrogens is 411 g/mol. The van der Waals surface area contributed by atoms with Crippen molar-refractivity contribution in [2.75, 3.05) is 19.6 Å². The molecule has 0 fully saturated rings. The van der Waals surface area contributed by atoms with Crippen molar-refractivity contribution in [3.8, 4) is 0 Å². The molecule has 5 N–H and O–H groups in total. The van der Waals surface area contributed by atoms with Crippen LogP contribution < -0.4 is 0 Å². The van der Waals surface area contributed by atoms with E-state index in [1.165, 1.54) is 58.2 Å². The van der Waals surface area contributed by atoms with Crippen molar-refractivity contribution in [3.63, 3.8) is 0 Å². The highest BCUT2D eigenvalue weighted by Gasteiger charge is 2.38. The maximum atomic E-state index is 10.4. The highest BCUT2D eigenvalue weighted by atomic mass is 31.3. The lowest BCUT2D eigenvalue weighted by Gasteiger charge is -2.21. The molecule has 0 aromatic carbocycles. The summed E-state index contributed by atoms with van der Waals surface area (Å²) in [6.07, 6.45) is 8.09. The van der Waals surface area contributed by atoms with Gasteiger partial charge in [0.15, 0.2) is 0 Å². The smallest absolute Gasteiger partial charge is 0.303 e. The molecule has 0 spiro atoms. The number of phosphoric acid groups is 3. The molecule has 0 unspecified atom stereocenters. The summed E-state index contributed by atoms with van der Waals surface area (Å²) in [6, 6.07) is 0. The Morgan fingerprint density at radius 2 is 0.923 bits per heavy atom. The predicted molar refractivity (Wildman–Crippen MR) is 97.2 cm³/mol. The van der Waals surface area contributed by atoms with Crippen LogP contribution in [0.4, 0.5) is 0 Å². The maximum Gasteiger partial charge on any atom is 0.490 e. The Morgan fingerprint density at radius 3 is 1.12 bits per heavy atom. The van der Waals surface area contributed by atoms with Gasteiger partial charge in [0.05, 0.1) is 0 Å². The van der Waals surface area contributed by atoms with Crippen molar-refractivity contribution < 1.29 is 46.8 Å². The standard InChI is InChI=1S/C12H27N.H5O10P3/c1-4-7-10-13(11-8-5-2)12-9-6-3;1-11(2,3)9-13(7,8)10-12(4,5)6/h4-12H2,1-3H3;(H,7,8)(H2,1,2,3)(H2,4,5,6). The summed E-state index contributed by atoms with van der Waals surface area (Å²) in [6.45, 7) is 10.8. The normalized spacial score (nSPS) is 12.8. The van der Waals surface area contributed by atoms with Crippen LogP contribution in [0.3, 0.4) is 0 Å². The molecule has 11 nitrogen and oxygen atoms in total. The lowest BCUT2D eigenvalue weighted by atomic mass is 10.2. The van der Waals surface area contributed by atoms with Gasteiger partial charge in [-0.3, -0.25) is 0 Å². The summed E-state index contributed by atoms with van der Waals surface area (Å²) in [7, 11) is -16.2. The van der Waals surface area contributed by atoms with Gasteiger partial charge in [-0.25, -0.2) is 13.7 Å². The number of nitrogens with zero attached hydrogens (tertiary/aromatic N) is 1. The van der Waals surface area contributed by atoms with E-state index in [-0.39, 0.29) is 0 Å². The van der Waals surface area contributed by atoms with Gasteiger partial charge in [0.1, 0.15) is 0 Å². The van der Waals surface area contributed by atoms with Crippen LogP contribution in [0.1, 0.15) is 59.3 Å². The first-order valence-corrected chi connectivity index (χ1v) is 12.9. The summed E-state index contributed by atoms with van der Waals surface area (Å²) in [4.78, 5) is 42.8. The van der Waals surface area contributed by atoms with Crippen molar-refractivity contribution in [1.82, 2.24) is 4.90 Å². The molecule has 0 radical (unpaired) electrons. The van der Waals surface area contributed by atoms with Crippen LogP contribution in [0.15, 0.2) is 0 Å². The molecule has 0 atom stereocenters. The SMILES string of the molecule is CCCCN(CCCC)CCCC.O=P(O)(O)OP(=O)(O)OP(=O)(O)O. The minimum Gasteiger partial charge on any atom is -0.303 e. The fraction of sp³-hybridized carbons (Fsp3) is 1.00. The molecule has 0 saturated heterocycles. The second-order valence-electron chi connectivity index (χ2n) is 5.52. The Hall–Kier alpha value is 0.370. The van der Waals surface area contributed by atoms with E-state index >= 15 is 0 Å². The predicted octanol–water partition coefficient (Wildman–Crippen LogP) is 2.99. The van der Waals surface area contributed by atoms with Crippen LogP contribution in [-0.4, -0.2) is 49.0 Å². The first-order chi connectivity index (χ1) is 11.8. The monoisotopic (exact) mass is 443 g/mol. The summed E-state index contributed by atoms with van der Waals surface area (Å²) in [5, 5.41) is 0. The quantitative estimate of drug-likeness (QED) is 0.265. The zero-order chi connectivity index (χ0) is 20.9. The van der Waals surface area contributed by atoms with E-state index in [9.17, 15) is 13.7 Å². The molecule has 0 aromatic heterocycles. The van der Waals surface area contributed by atoms with Crippen LogP contribution in [0.2, 0.25) is 0 Å². The van der Waals surface area contributed by atoms with Gasteiger partial charge in [0.2, 0.25) is 0 Å².